The molecule has 11 aromatic rings. The van der Waals surface area contributed by atoms with Crippen LogP contribution in [0.25, 0.3) is 91.5 Å². The van der Waals surface area contributed by atoms with Gasteiger partial charge < -0.3 is 9.47 Å². The Bertz CT molecular complexity index is 3290. The number of para-hydroxylation sites is 2. The van der Waals surface area contributed by atoms with Crippen molar-refractivity contribution in [3.63, 3.8) is 0 Å². The van der Waals surface area contributed by atoms with Crippen LogP contribution in [-0.4, -0.2) is 4.57 Å². The molecule has 12 rings (SSSR count). The molecule has 0 saturated carbocycles. The summed E-state index contributed by atoms with van der Waals surface area (Å²) in [6.45, 7) is 0. The van der Waals surface area contributed by atoms with Crippen molar-refractivity contribution >= 4 is 91.9 Å². The van der Waals surface area contributed by atoms with E-state index < -0.39 is 0 Å². The van der Waals surface area contributed by atoms with Crippen LogP contribution in [0.3, 0.4) is 0 Å². The highest BCUT2D eigenvalue weighted by Crippen LogP contribution is 2.53. The Morgan fingerprint density at radius 2 is 1.11 bits per heavy atom. The lowest BCUT2D eigenvalue weighted by atomic mass is 9.96. The molecule has 2 heterocycles. The van der Waals surface area contributed by atoms with E-state index in [0.717, 1.165) is 11.4 Å². The molecule has 246 valence electrons. The Hall–Kier alpha value is -6.68. The van der Waals surface area contributed by atoms with Crippen molar-refractivity contribution in [1.82, 2.24) is 4.57 Å². The van der Waals surface area contributed by atoms with Gasteiger partial charge in [-0.1, -0.05) is 115 Å². The summed E-state index contributed by atoms with van der Waals surface area (Å²) in [5.41, 5.74) is 12.3. The van der Waals surface area contributed by atoms with Gasteiger partial charge in [-0.3, -0.25) is 0 Å². The maximum atomic E-state index is 2.49. The molecular formula is C50H30N2S. The van der Waals surface area contributed by atoms with Crippen LogP contribution in [0.15, 0.2) is 182 Å². The maximum Gasteiger partial charge on any atom is 0.0640 e. The maximum absolute atomic E-state index is 2.49. The molecule has 53 heavy (non-hydrogen) atoms. The van der Waals surface area contributed by atoms with Gasteiger partial charge in [0.25, 0.3) is 0 Å². The molecule has 0 unspecified atom stereocenters. The third kappa shape index (κ3) is 4.08. The third-order valence-electron chi connectivity index (χ3n) is 11.3. The highest BCUT2D eigenvalue weighted by molar-refractivity contribution is 7.26. The molecule has 0 saturated heterocycles. The minimum absolute atomic E-state index is 1.14. The minimum atomic E-state index is 1.14. The fourth-order valence-electron chi connectivity index (χ4n) is 9.03. The van der Waals surface area contributed by atoms with E-state index >= 15 is 0 Å². The first-order valence-corrected chi connectivity index (χ1v) is 19.0. The van der Waals surface area contributed by atoms with E-state index in [4.69, 9.17) is 0 Å². The molecule has 1 aliphatic rings. The molecule has 0 bridgehead atoms. The average Bonchev–Trinajstić information content (AvgIpc) is 3.87. The Morgan fingerprint density at radius 3 is 2.04 bits per heavy atom. The van der Waals surface area contributed by atoms with Crippen molar-refractivity contribution in [1.29, 1.82) is 0 Å². The molecule has 0 spiro atoms. The molecule has 3 heteroatoms. The molecule has 0 amide bonds. The molecule has 9 aromatic carbocycles. The van der Waals surface area contributed by atoms with Crippen molar-refractivity contribution in [2.45, 2.75) is 0 Å². The van der Waals surface area contributed by atoms with Crippen molar-refractivity contribution in [2.75, 3.05) is 4.90 Å². The van der Waals surface area contributed by atoms with E-state index in [2.05, 4.69) is 191 Å². The normalized spacial score (nSPS) is 12.2. The van der Waals surface area contributed by atoms with E-state index in [1.165, 1.54) is 97.2 Å². The van der Waals surface area contributed by atoms with Gasteiger partial charge in [-0.2, -0.15) is 0 Å². The van der Waals surface area contributed by atoms with Gasteiger partial charge in [0.15, 0.2) is 0 Å². The number of aromatic nitrogens is 1. The highest BCUT2D eigenvalue weighted by Gasteiger charge is 2.26. The van der Waals surface area contributed by atoms with Crippen molar-refractivity contribution in [3.8, 4) is 27.9 Å². The molecular weight excluding hydrogens is 661 g/mol. The number of hydrogen-bond acceptors (Lipinski definition) is 2. The zero-order valence-electron chi connectivity index (χ0n) is 28.6. The Balaban J connectivity index is 1.14. The van der Waals surface area contributed by atoms with Gasteiger partial charge in [0.2, 0.25) is 0 Å². The topological polar surface area (TPSA) is 8.17 Å². The number of hydrogen-bond donors (Lipinski definition) is 0. The summed E-state index contributed by atoms with van der Waals surface area (Å²) in [6, 6.07) is 67.2. The molecule has 0 atom stereocenters. The van der Waals surface area contributed by atoms with Crippen molar-refractivity contribution < 1.29 is 0 Å². The largest absolute Gasteiger partial charge is 0.309 e. The number of thiophene rings is 1. The number of benzene rings is 9. The molecule has 2 nitrogen and oxygen atoms in total. The van der Waals surface area contributed by atoms with Gasteiger partial charge in [-0.25, -0.2) is 0 Å². The SMILES string of the molecule is c1ccc(-n2c3ccccc3c3cc(N(c4ccc5c(c4)-c4cccc6cc7ccccc7c-5c46)c4cccc5c4sc4ccccc45)ccc32)cc1. The lowest BCUT2D eigenvalue weighted by Crippen LogP contribution is -2.10. The number of anilines is 3. The number of nitrogens with zero attached hydrogens (tertiary/aromatic N) is 2. The van der Waals surface area contributed by atoms with Crippen LogP contribution < -0.4 is 4.90 Å². The molecule has 1 aliphatic carbocycles. The standard InChI is InChI=1S/C50H30N2S/c1-2-14-33(15-3-1)52-44-21-8-6-17-37(44)43-30-35(25-27-45(43)52)51(46-22-11-20-41-38-18-7-9-23-47(38)53-50(41)46)34-24-26-40-42(29-34)39-19-10-13-32-28-31-12-4-5-16-36(31)49(40)48(32)39/h1-30H. The van der Waals surface area contributed by atoms with E-state index in [-0.39, 0.29) is 0 Å². The predicted octanol–water partition coefficient (Wildman–Crippen LogP) is 14.6. The summed E-state index contributed by atoms with van der Waals surface area (Å²) in [5, 5.41) is 10.3. The highest BCUT2D eigenvalue weighted by atomic mass is 32.1. The molecule has 2 aromatic heterocycles. The summed E-state index contributed by atoms with van der Waals surface area (Å²) >= 11 is 1.88. The van der Waals surface area contributed by atoms with Crippen molar-refractivity contribution in [2.24, 2.45) is 0 Å². The fraction of sp³-hybridized carbons (Fsp3) is 0. The molecule has 0 aliphatic heterocycles. The summed E-state index contributed by atoms with van der Waals surface area (Å²) in [5.74, 6) is 0. The van der Waals surface area contributed by atoms with Crippen molar-refractivity contribution in [3.05, 3.63) is 182 Å². The molecule has 0 N–H and O–H groups in total. The van der Waals surface area contributed by atoms with Crippen LogP contribution in [0.5, 0.6) is 0 Å². The molecule has 0 fully saturated rings. The lowest BCUT2D eigenvalue weighted by Gasteiger charge is -2.27. The van der Waals surface area contributed by atoms with E-state index in [9.17, 15) is 0 Å². The minimum Gasteiger partial charge on any atom is -0.309 e. The first-order chi connectivity index (χ1) is 26.3. The van der Waals surface area contributed by atoms with Gasteiger partial charge in [-0.05, 0) is 111 Å². The van der Waals surface area contributed by atoms with Gasteiger partial charge in [0.05, 0.1) is 21.4 Å². The summed E-state index contributed by atoms with van der Waals surface area (Å²) in [7, 11) is 0. The zero-order valence-corrected chi connectivity index (χ0v) is 29.4. The van der Waals surface area contributed by atoms with Gasteiger partial charge in [0.1, 0.15) is 0 Å². The first-order valence-electron chi connectivity index (χ1n) is 18.2. The summed E-state index contributed by atoms with van der Waals surface area (Å²) in [4.78, 5) is 2.49. The second kappa shape index (κ2) is 10.9. The summed E-state index contributed by atoms with van der Waals surface area (Å²) in [6.07, 6.45) is 0. The monoisotopic (exact) mass is 690 g/mol. The second-order valence-electron chi connectivity index (χ2n) is 14.1. The number of fused-ring (bicyclic) bond motifs is 11. The Labute approximate surface area is 310 Å². The van der Waals surface area contributed by atoms with Crippen LogP contribution in [0.1, 0.15) is 0 Å². The van der Waals surface area contributed by atoms with E-state index in [1.807, 2.05) is 11.3 Å². The number of rotatable bonds is 4. The smallest absolute Gasteiger partial charge is 0.0640 e. The first kappa shape index (κ1) is 29.0. The van der Waals surface area contributed by atoms with E-state index in [0.29, 0.717) is 0 Å². The predicted molar refractivity (Wildman–Crippen MR) is 228 cm³/mol. The Kier molecular flexibility index (Phi) is 5.96. The van der Waals surface area contributed by atoms with Crippen LogP contribution >= 0.6 is 11.3 Å². The van der Waals surface area contributed by atoms with Gasteiger partial charge >= 0.3 is 0 Å². The van der Waals surface area contributed by atoms with Crippen LogP contribution in [0, 0.1) is 0 Å². The van der Waals surface area contributed by atoms with E-state index in [1.54, 1.807) is 0 Å². The van der Waals surface area contributed by atoms with Crippen LogP contribution in [0.4, 0.5) is 17.1 Å². The average molecular weight is 691 g/mol. The van der Waals surface area contributed by atoms with Crippen LogP contribution in [0.2, 0.25) is 0 Å². The second-order valence-corrected chi connectivity index (χ2v) is 15.1. The lowest BCUT2D eigenvalue weighted by molar-refractivity contribution is 1.18. The quantitative estimate of drug-likeness (QED) is 0.167. The van der Waals surface area contributed by atoms with Gasteiger partial charge in [0, 0.05) is 43.3 Å². The molecule has 0 radical (unpaired) electrons. The third-order valence-corrected chi connectivity index (χ3v) is 12.5. The summed E-state index contributed by atoms with van der Waals surface area (Å²) < 4.78 is 4.99. The van der Waals surface area contributed by atoms with Crippen LogP contribution in [-0.2, 0) is 0 Å². The fourth-order valence-corrected chi connectivity index (χ4v) is 10.2. The van der Waals surface area contributed by atoms with Gasteiger partial charge in [-0.15, -0.1) is 11.3 Å². The zero-order chi connectivity index (χ0) is 34.6. The Morgan fingerprint density at radius 1 is 0.415 bits per heavy atom.